The molecule has 1 amide bonds. The quantitative estimate of drug-likeness (QED) is 0.921. The number of sulfone groups is 1. The molecule has 0 radical (unpaired) electrons. The maximum absolute atomic E-state index is 11.8. The predicted molar refractivity (Wildman–Crippen MR) is 79.3 cm³/mol. The maximum atomic E-state index is 11.8. The second-order valence-electron chi connectivity index (χ2n) is 4.75. The van der Waals surface area contributed by atoms with Crippen molar-refractivity contribution in [3.8, 4) is 0 Å². The van der Waals surface area contributed by atoms with Crippen molar-refractivity contribution >= 4 is 33.2 Å². The first-order valence-electron chi connectivity index (χ1n) is 6.13. The van der Waals surface area contributed by atoms with Gasteiger partial charge in [0, 0.05) is 10.9 Å². The average molecular weight is 299 g/mol. The van der Waals surface area contributed by atoms with Crippen molar-refractivity contribution in [3.63, 3.8) is 0 Å². The summed E-state index contributed by atoms with van der Waals surface area (Å²) in [6.45, 7) is 1.97. The molecule has 6 heteroatoms. The molecule has 1 fully saturated rings. The van der Waals surface area contributed by atoms with Gasteiger partial charge in [0.25, 0.3) is 0 Å². The molecule has 0 saturated carbocycles. The summed E-state index contributed by atoms with van der Waals surface area (Å²) in [5.41, 5.74) is 1.87. The maximum Gasteiger partial charge on any atom is 0.234 e. The van der Waals surface area contributed by atoms with Gasteiger partial charge in [0.05, 0.1) is 17.3 Å². The van der Waals surface area contributed by atoms with Crippen LogP contribution in [-0.2, 0) is 14.6 Å². The molecule has 1 saturated heterocycles. The minimum atomic E-state index is -2.86. The molecule has 0 aromatic heterocycles. The molecule has 104 valence electrons. The Labute approximate surface area is 117 Å². The number of rotatable bonds is 4. The molecule has 1 unspecified atom stereocenters. The van der Waals surface area contributed by atoms with Crippen molar-refractivity contribution in [3.05, 3.63) is 29.8 Å². The van der Waals surface area contributed by atoms with E-state index in [0.29, 0.717) is 12.2 Å². The van der Waals surface area contributed by atoms with Gasteiger partial charge >= 0.3 is 0 Å². The van der Waals surface area contributed by atoms with Gasteiger partial charge in [0.15, 0.2) is 9.84 Å². The van der Waals surface area contributed by atoms with E-state index in [9.17, 15) is 13.2 Å². The highest BCUT2D eigenvalue weighted by Crippen LogP contribution is 2.24. The van der Waals surface area contributed by atoms with Gasteiger partial charge in [0.2, 0.25) is 5.91 Å². The highest BCUT2D eigenvalue weighted by Gasteiger charge is 2.28. The van der Waals surface area contributed by atoms with E-state index in [1.807, 2.05) is 31.2 Å². The number of anilines is 1. The van der Waals surface area contributed by atoms with Gasteiger partial charge in [-0.05, 0) is 31.0 Å². The second kappa shape index (κ2) is 5.96. The van der Waals surface area contributed by atoms with Crippen LogP contribution in [0.2, 0.25) is 0 Å². The summed E-state index contributed by atoms with van der Waals surface area (Å²) in [6.07, 6.45) is 0.657. The first kappa shape index (κ1) is 14.4. The first-order chi connectivity index (χ1) is 8.94. The number of hydrogen-bond acceptors (Lipinski definition) is 4. The van der Waals surface area contributed by atoms with Crippen molar-refractivity contribution in [1.29, 1.82) is 0 Å². The smallest absolute Gasteiger partial charge is 0.234 e. The lowest BCUT2D eigenvalue weighted by atomic mass is 10.2. The third-order valence-electron chi connectivity index (χ3n) is 2.94. The number of benzene rings is 1. The fraction of sp³-hybridized carbons (Fsp3) is 0.462. The van der Waals surface area contributed by atoms with Gasteiger partial charge in [-0.15, -0.1) is 11.8 Å². The van der Waals surface area contributed by atoms with Crippen molar-refractivity contribution in [2.45, 2.75) is 18.6 Å². The lowest BCUT2D eigenvalue weighted by Crippen LogP contribution is -2.17. The Morgan fingerprint density at radius 2 is 2.26 bits per heavy atom. The van der Waals surface area contributed by atoms with Crippen molar-refractivity contribution in [2.24, 2.45) is 0 Å². The monoisotopic (exact) mass is 299 g/mol. The molecular weight excluding hydrogens is 282 g/mol. The lowest BCUT2D eigenvalue weighted by molar-refractivity contribution is -0.113. The lowest BCUT2D eigenvalue weighted by Gasteiger charge is -2.08. The first-order valence-corrected chi connectivity index (χ1v) is 9.00. The van der Waals surface area contributed by atoms with Crippen LogP contribution in [0, 0.1) is 6.92 Å². The van der Waals surface area contributed by atoms with Crippen LogP contribution in [0.25, 0.3) is 0 Å². The van der Waals surface area contributed by atoms with Crippen LogP contribution in [-0.4, -0.2) is 36.8 Å². The SMILES string of the molecule is Cc1cccc(NC(=O)CSC2CCS(=O)(=O)C2)c1. The Morgan fingerprint density at radius 1 is 1.47 bits per heavy atom. The number of nitrogens with one attached hydrogen (secondary N) is 1. The van der Waals surface area contributed by atoms with Gasteiger partial charge in [-0.3, -0.25) is 4.79 Å². The zero-order valence-corrected chi connectivity index (χ0v) is 12.4. The molecule has 1 aromatic carbocycles. The van der Waals surface area contributed by atoms with Gasteiger partial charge < -0.3 is 5.32 Å². The molecule has 1 aliphatic heterocycles. The van der Waals surface area contributed by atoms with Crippen molar-refractivity contribution < 1.29 is 13.2 Å². The number of thioether (sulfide) groups is 1. The highest BCUT2D eigenvalue weighted by atomic mass is 32.2. The molecule has 19 heavy (non-hydrogen) atoms. The van der Waals surface area contributed by atoms with Crippen LogP contribution >= 0.6 is 11.8 Å². The van der Waals surface area contributed by atoms with E-state index in [1.165, 1.54) is 11.8 Å². The molecule has 0 aliphatic carbocycles. The predicted octanol–water partition coefficient (Wildman–Crippen LogP) is 1.85. The van der Waals surface area contributed by atoms with Gasteiger partial charge in [0.1, 0.15) is 0 Å². The van der Waals surface area contributed by atoms with E-state index in [4.69, 9.17) is 0 Å². The number of carbonyl (C=O) groups is 1. The van der Waals surface area contributed by atoms with Crippen LogP contribution in [0.3, 0.4) is 0 Å². The number of amides is 1. The fourth-order valence-electron chi connectivity index (χ4n) is 2.01. The Bertz CT molecular complexity index is 569. The summed E-state index contributed by atoms with van der Waals surface area (Å²) in [5.74, 6) is 0.674. The summed E-state index contributed by atoms with van der Waals surface area (Å²) in [6, 6.07) is 7.60. The van der Waals surface area contributed by atoms with E-state index in [-0.39, 0.29) is 22.7 Å². The summed E-state index contributed by atoms with van der Waals surface area (Å²) in [7, 11) is -2.86. The molecule has 2 rings (SSSR count). The van der Waals surface area contributed by atoms with E-state index in [0.717, 1.165) is 11.3 Å². The van der Waals surface area contributed by atoms with Gasteiger partial charge in [-0.1, -0.05) is 12.1 Å². The Hall–Kier alpha value is -1.01. The van der Waals surface area contributed by atoms with E-state index >= 15 is 0 Å². The molecule has 0 spiro atoms. The molecule has 1 atom stereocenters. The highest BCUT2D eigenvalue weighted by molar-refractivity contribution is 8.02. The van der Waals surface area contributed by atoms with Gasteiger partial charge in [-0.2, -0.15) is 0 Å². The molecule has 1 heterocycles. The summed E-state index contributed by atoms with van der Waals surface area (Å²) in [5, 5.41) is 2.88. The van der Waals surface area contributed by atoms with E-state index in [1.54, 1.807) is 0 Å². The summed E-state index contributed by atoms with van der Waals surface area (Å²) in [4.78, 5) is 11.8. The normalized spacial score (nSPS) is 21.2. The molecule has 1 aromatic rings. The Kier molecular flexibility index (Phi) is 4.52. The average Bonchev–Trinajstić information content (AvgIpc) is 2.66. The number of hydrogen-bond donors (Lipinski definition) is 1. The van der Waals surface area contributed by atoms with Crippen molar-refractivity contribution in [1.82, 2.24) is 0 Å². The number of aryl methyl sites for hydroxylation is 1. The minimum absolute atomic E-state index is 0.0632. The van der Waals surface area contributed by atoms with E-state index < -0.39 is 9.84 Å². The zero-order chi connectivity index (χ0) is 13.9. The minimum Gasteiger partial charge on any atom is -0.325 e. The largest absolute Gasteiger partial charge is 0.325 e. The number of carbonyl (C=O) groups excluding carboxylic acids is 1. The van der Waals surface area contributed by atoms with Crippen LogP contribution < -0.4 is 5.32 Å². The van der Waals surface area contributed by atoms with Crippen LogP contribution in [0.5, 0.6) is 0 Å². The molecule has 1 N–H and O–H groups in total. The molecule has 4 nitrogen and oxygen atoms in total. The third-order valence-corrected chi connectivity index (χ3v) is 6.22. The Morgan fingerprint density at radius 3 is 2.89 bits per heavy atom. The summed E-state index contributed by atoms with van der Waals surface area (Å²) < 4.78 is 22.6. The van der Waals surface area contributed by atoms with Gasteiger partial charge in [-0.25, -0.2) is 8.42 Å². The third kappa shape index (κ3) is 4.54. The summed E-state index contributed by atoms with van der Waals surface area (Å²) >= 11 is 1.43. The molecular formula is C13H17NO3S2. The molecule has 0 bridgehead atoms. The Balaban J connectivity index is 1.79. The standard InChI is InChI=1S/C13H17NO3S2/c1-10-3-2-4-11(7-10)14-13(15)8-18-12-5-6-19(16,17)9-12/h2-4,7,12H,5-6,8-9H2,1H3,(H,14,15). The van der Waals surface area contributed by atoms with Crippen molar-refractivity contribution in [2.75, 3.05) is 22.6 Å². The zero-order valence-electron chi connectivity index (χ0n) is 10.8. The van der Waals surface area contributed by atoms with Crippen LogP contribution in [0.4, 0.5) is 5.69 Å². The fourth-order valence-corrected chi connectivity index (χ4v) is 5.45. The topological polar surface area (TPSA) is 63.2 Å². The van der Waals surface area contributed by atoms with E-state index in [2.05, 4.69) is 5.32 Å². The van der Waals surface area contributed by atoms with Crippen LogP contribution in [0.15, 0.2) is 24.3 Å². The molecule has 1 aliphatic rings. The van der Waals surface area contributed by atoms with Crippen LogP contribution in [0.1, 0.15) is 12.0 Å². The second-order valence-corrected chi connectivity index (χ2v) is 8.27.